The maximum absolute atomic E-state index is 12.0. The highest BCUT2D eigenvalue weighted by molar-refractivity contribution is 6.35. The Hall–Kier alpha value is -1.75. The van der Waals surface area contributed by atoms with E-state index in [0.29, 0.717) is 22.0 Å². The smallest absolute Gasteiger partial charge is 0.244 e. The minimum Gasteiger partial charge on any atom is -0.369 e. The van der Waals surface area contributed by atoms with E-state index in [9.17, 15) is 4.79 Å². The van der Waals surface area contributed by atoms with Gasteiger partial charge in [-0.2, -0.15) is 0 Å². The molecule has 0 radical (unpaired) electrons. The number of aromatic nitrogens is 2. The quantitative estimate of drug-likeness (QED) is 0.903. The van der Waals surface area contributed by atoms with E-state index in [0.717, 1.165) is 0 Å². The molecule has 1 atom stereocenters. The first-order chi connectivity index (χ1) is 8.43. The van der Waals surface area contributed by atoms with Crippen LogP contribution < -0.4 is 5.73 Å². The first kappa shape index (κ1) is 12.7. The predicted octanol–water partition coefficient (Wildman–Crippen LogP) is 1.92. The molecule has 2 rings (SSSR count). The van der Waals surface area contributed by atoms with Crippen molar-refractivity contribution >= 4 is 34.5 Å². The SMILES string of the molecule is CC(C(=O)N(C)C)n1c(N)nc2cccc(Cl)c21. The second-order valence-electron chi connectivity index (χ2n) is 4.36. The van der Waals surface area contributed by atoms with Crippen LogP contribution in [0.25, 0.3) is 11.0 Å². The second kappa shape index (κ2) is 4.49. The Labute approximate surface area is 110 Å². The summed E-state index contributed by atoms with van der Waals surface area (Å²) < 4.78 is 1.67. The molecule has 0 saturated heterocycles. The third-order valence-electron chi connectivity index (χ3n) is 2.87. The van der Waals surface area contributed by atoms with Gasteiger partial charge < -0.3 is 10.6 Å². The van der Waals surface area contributed by atoms with E-state index >= 15 is 0 Å². The number of anilines is 1. The van der Waals surface area contributed by atoms with E-state index in [1.807, 2.05) is 6.07 Å². The summed E-state index contributed by atoms with van der Waals surface area (Å²) in [6.45, 7) is 1.78. The van der Waals surface area contributed by atoms with Gasteiger partial charge >= 0.3 is 0 Å². The Balaban J connectivity index is 2.63. The number of carbonyl (C=O) groups is 1. The molecule has 1 aromatic carbocycles. The van der Waals surface area contributed by atoms with Crippen molar-refractivity contribution in [3.8, 4) is 0 Å². The zero-order valence-electron chi connectivity index (χ0n) is 10.5. The molecule has 1 amide bonds. The topological polar surface area (TPSA) is 64.2 Å². The van der Waals surface area contributed by atoms with Crippen molar-refractivity contribution in [1.82, 2.24) is 14.5 Å². The summed E-state index contributed by atoms with van der Waals surface area (Å²) in [6, 6.07) is 4.94. The van der Waals surface area contributed by atoms with Crippen molar-refractivity contribution in [3.05, 3.63) is 23.2 Å². The number of benzene rings is 1. The fourth-order valence-corrected chi connectivity index (χ4v) is 2.26. The van der Waals surface area contributed by atoms with Crippen molar-refractivity contribution < 1.29 is 4.79 Å². The van der Waals surface area contributed by atoms with Gasteiger partial charge in [-0.05, 0) is 19.1 Å². The number of hydrogen-bond acceptors (Lipinski definition) is 3. The van der Waals surface area contributed by atoms with Gasteiger partial charge in [0, 0.05) is 14.1 Å². The van der Waals surface area contributed by atoms with Gasteiger partial charge in [0.2, 0.25) is 11.9 Å². The summed E-state index contributed by atoms with van der Waals surface area (Å²) in [6.07, 6.45) is 0. The van der Waals surface area contributed by atoms with Gasteiger partial charge in [0.05, 0.1) is 16.1 Å². The van der Waals surface area contributed by atoms with Crippen molar-refractivity contribution in [2.45, 2.75) is 13.0 Å². The Morgan fingerprint density at radius 3 is 2.78 bits per heavy atom. The number of fused-ring (bicyclic) bond motifs is 1. The lowest BCUT2D eigenvalue weighted by atomic mass is 10.2. The molecule has 1 aromatic heterocycles. The van der Waals surface area contributed by atoms with E-state index in [4.69, 9.17) is 17.3 Å². The molecule has 0 aliphatic rings. The summed E-state index contributed by atoms with van der Waals surface area (Å²) in [5.74, 6) is 0.238. The van der Waals surface area contributed by atoms with Crippen LogP contribution in [0.5, 0.6) is 0 Å². The van der Waals surface area contributed by atoms with Gasteiger partial charge in [-0.25, -0.2) is 4.98 Å². The van der Waals surface area contributed by atoms with Crippen LogP contribution >= 0.6 is 11.6 Å². The molecule has 0 aliphatic carbocycles. The molecular formula is C12H15ClN4O. The zero-order valence-corrected chi connectivity index (χ0v) is 11.3. The third kappa shape index (κ3) is 1.90. The van der Waals surface area contributed by atoms with E-state index in [2.05, 4.69) is 4.98 Å². The summed E-state index contributed by atoms with van der Waals surface area (Å²) >= 11 is 6.16. The van der Waals surface area contributed by atoms with E-state index in [1.165, 1.54) is 4.90 Å². The molecule has 5 nitrogen and oxygen atoms in total. The van der Waals surface area contributed by atoms with Crippen molar-refractivity contribution in [2.75, 3.05) is 19.8 Å². The van der Waals surface area contributed by atoms with Crippen LogP contribution in [0.2, 0.25) is 5.02 Å². The molecular weight excluding hydrogens is 252 g/mol. The van der Waals surface area contributed by atoms with Crippen LogP contribution in [0.1, 0.15) is 13.0 Å². The molecule has 0 saturated carbocycles. The molecule has 18 heavy (non-hydrogen) atoms. The lowest BCUT2D eigenvalue weighted by Crippen LogP contribution is -2.30. The highest BCUT2D eigenvalue weighted by Gasteiger charge is 2.22. The van der Waals surface area contributed by atoms with Crippen LogP contribution in [0.3, 0.4) is 0 Å². The van der Waals surface area contributed by atoms with Crippen molar-refractivity contribution in [1.29, 1.82) is 0 Å². The van der Waals surface area contributed by atoms with E-state index in [1.54, 1.807) is 37.7 Å². The predicted molar refractivity (Wildman–Crippen MR) is 72.6 cm³/mol. The molecule has 2 aromatic rings. The number of para-hydroxylation sites is 1. The standard InChI is InChI=1S/C12H15ClN4O/c1-7(11(18)16(2)3)17-10-8(13)5-4-6-9(10)15-12(17)14/h4-7H,1-3H3,(H2,14,15). The monoisotopic (exact) mass is 266 g/mol. The minimum atomic E-state index is -0.440. The first-order valence-electron chi connectivity index (χ1n) is 5.56. The van der Waals surface area contributed by atoms with Gasteiger partial charge in [-0.1, -0.05) is 17.7 Å². The lowest BCUT2D eigenvalue weighted by molar-refractivity contribution is -0.131. The molecule has 0 spiro atoms. The average molecular weight is 267 g/mol. The molecule has 96 valence electrons. The van der Waals surface area contributed by atoms with Crippen LogP contribution in [0.15, 0.2) is 18.2 Å². The fourth-order valence-electron chi connectivity index (χ4n) is 2.00. The summed E-state index contributed by atoms with van der Waals surface area (Å²) in [4.78, 5) is 17.8. The molecule has 0 fully saturated rings. The average Bonchev–Trinajstić information content (AvgIpc) is 2.64. The van der Waals surface area contributed by atoms with Gasteiger partial charge in [0.25, 0.3) is 0 Å². The Morgan fingerprint density at radius 1 is 1.50 bits per heavy atom. The van der Waals surface area contributed by atoms with E-state index < -0.39 is 6.04 Å². The number of hydrogen-bond donors (Lipinski definition) is 1. The van der Waals surface area contributed by atoms with Crippen molar-refractivity contribution in [3.63, 3.8) is 0 Å². The number of likely N-dealkylation sites (N-methyl/N-ethyl adjacent to an activating group) is 1. The van der Waals surface area contributed by atoms with Gasteiger partial charge in [0.1, 0.15) is 6.04 Å². The number of amides is 1. The normalized spacial score (nSPS) is 12.7. The Kier molecular flexibility index (Phi) is 3.17. The third-order valence-corrected chi connectivity index (χ3v) is 3.18. The summed E-state index contributed by atoms with van der Waals surface area (Å²) in [7, 11) is 3.41. The Morgan fingerprint density at radius 2 is 2.17 bits per heavy atom. The van der Waals surface area contributed by atoms with Crippen LogP contribution in [-0.4, -0.2) is 34.5 Å². The number of nitrogen functional groups attached to an aromatic ring is 1. The first-order valence-corrected chi connectivity index (χ1v) is 5.94. The molecule has 0 aliphatic heterocycles. The number of carbonyl (C=O) groups excluding carboxylic acids is 1. The van der Waals surface area contributed by atoms with Crippen LogP contribution in [0, 0.1) is 0 Å². The maximum Gasteiger partial charge on any atom is 0.244 e. The molecule has 1 heterocycles. The second-order valence-corrected chi connectivity index (χ2v) is 4.76. The van der Waals surface area contributed by atoms with Crippen molar-refractivity contribution in [2.24, 2.45) is 0 Å². The van der Waals surface area contributed by atoms with Crippen LogP contribution in [-0.2, 0) is 4.79 Å². The largest absolute Gasteiger partial charge is 0.369 e. The molecule has 2 N–H and O–H groups in total. The summed E-state index contributed by atoms with van der Waals surface area (Å²) in [5.41, 5.74) is 7.27. The molecule has 0 bridgehead atoms. The van der Waals surface area contributed by atoms with Gasteiger partial charge in [-0.15, -0.1) is 0 Å². The molecule has 1 unspecified atom stereocenters. The molecule has 6 heteroatoms. The highest BCUT2D eigenvalue weighted by atomic mass is 35.5. The van der Waals surface area contributed by atoms with Crippen LogP contribution in [0.4, 0.5) is 5.95 Å². The number of rotatable bonds is 2. The summed E-state index contributed by atoms with van der Waals surface area (Å²) in [5, 5.41) is 0.537. The van der Waals surface area contributed by atoms with Gasteiger partial charge in [-0.3, -0.25) is 9.36 Å². The maximum atomic E-state index is 12.0. The number of nitrogens with two attached hydrogens (primary N) is 1. The fraction of sp³-hybridized carbons (Fsp3) is 0.333. The number of halogens is 1. The highest BCUT2D eigenvalue weighted by Crippen LogP contribution is 2.29. The minimum absolute atomic E-state index is 0.0547. The number of nitrogens with zero attached hydrogens (tertiary/aromatic N) is 3. The zero-order chi connectivity index (χ0) is 13.4. The number of imidazole rings is 1. The van der Waals surface area contributed by atoms with Gasteiger partial charge in [0.15, 0.2) is 0 Å². The van der Waals surface area contributed by atoms with E-state index in [-0.39, 0.29) is 5.91 Å². The lowest BCUT2D eigenvalue weighted by Gasteiger charge is -2.19. The Bertz CT molecular complexity index is 605.